The number of carbonyl (C=O) groups excluding carboxylic acids is 1. The fourth-order valence-corrected chi connectivity index (χ4v) is 3.11. The summed E-state index contributed by atoms with van der Waals surface area (Å²) in [5.74, 6) is 0.119. The van der Waals surface area contributed by atoms with Gasteiger partial charge in [-0.15, -0.1) is 10.2 Å². The van der Waals surface area contributed by atoms with Gasteiger partial charge in [-0.1, -0.05) is 17.8 Å². The van der Waals surface area contributed by atoms with E-state index < -0.39 is 5.25 Å². The SMILES string of the molecule is Cc1ccc(NC(=O)[C@H](C)Sc2nnc(-c3ccncc3)n2C)cc1F. The molecule has 0 spiro atoms. The molecule has 1 aromatic carbocycles. The van der Waals surface area contributed by atoms with Gasteiger partial charge in [-0.3, -0.25) is 9.78 Å². The molecule has 0 bridgehead atoms. The number of carbonyl (C=O) groups is 1. The van der Waals surface area contributed by atoms with E-state index >= 15 is 0 Å². The first-order chi connectivity index (χ1) is 12.5. The molecule has 26 heavy (non-hydrogen) atoms. The van der Waals surface area contributed by atoms with Crippen molar-refractivity contribution in [3.8, 4) is 11.4 Å². The number of halogens is 1. The Morgan fingerprint density at radius 3 is 2.65 bits per heavy atom. The summed E-state index contributed by atoms with van der Waals surface area (Å²) in [6.07, 6.45) is 3.38. The summed E-state index contributed by atoms with van der Waals surface area (Å²) in [7, 11) is 1.85. The molecule has 1 atom stereocenters. The van der Waals surface area contributed by atoms with E-state index in [9.17, 15) is 9.18 Å². The van der Waals surface area contributed by atoms with Crippen LogP contribution >= 0.6 is 11.8 Å². The van der Waals surface area contributed by atoms with Crippen LogP contribution in [0.5, 0.6) is 0 Å². The summed E-state index contributed by atoms with van der Waals surface area (Å²) in [6.45, 7) is 3.44. The van der Waals surface area contributed by atoms with Crippen molar-refractivity contribution in [3.05, 3.63) is 54.1 Å². The lowest BCUT2D eigenvalue weighted by Crippen LogP contribution is -2.23. The third-order valence-corrected chi connectivity index (χ3v) is 5.00. The normalized spacial score (nSPS) is 12.0. The van der Waals surface area contributed by atoms with E-state index in [2.05, 4.69) is 20.5 Å². The summed E-state index contributed by atoms with van der Waals surface area (Å²) < 4.78 is 15.4. The molecule has 134 valence electrons. The van der Waals surface area contributed by atoms with E-state index in [1.165, 1.54) is 17.8 Å². The maximum absolute atomic E-state index is 13.6. The van der Waals surface area contributed by atoms with Crippen molar-refractivity contribution in [2.75, 3.05) is 5.32 Å². The molecular formula is C18H18FN5OS. The monoisotopic (exact) mass is 371 g/mol. The van der Waals surface area contributed by atoms with Crippen molar-refractivity contribution < 1.29 is 9.18 Å². The van der Waals surface area contributed by atoms with Crippen molar-refractivity contribution in [2.24, 2.45) is 7.05 Å². The van der Waals surface area contributed by atoms with Gasteiger partial charge in [-0.05, 0) is 43.7 Å². The second kappa shape index (κ2) is 7.65. The quantitative estimate of drug-likeness (QED) is 0.696. The van der Waals surface area contributed by atoms with Crippen LogP contribution < -0.4 is 5.32 Å². The third-order valence-electron chi connectivity index (χ3n) is 3.86. The number of thioether (sulfide) groups is 1. The zero-order valence-electron chi connectivity index (χ0n) is 14.6. The van der Waals surface area contributed by atoms with Gasteiger partial charge in [0, 0.05) is 30.7 Å². The highest BCUT2D eigenvalue weighted by Crippen LogP contribution is 2.26. The fraction of sp³-hybridized carbons (Fsp3) is 0.222. The minimum Gasteiger partial charge on any atom is -0.325 e. The number of hydrogen-bond donors (Lipinski definition) is 1. The van der Waals surface area contributed by atoms with Crippen LogP contribution in [0.4, 0.5) is 10.1 Å². The van der Waals surface area contributed by atoms with Crippen molar-refractivity contribution >= 4 is 23.4 Å². The van der Waals surface area contributed by atoms with Gasteiger partial charge in [0.2, 0.25) is 5.91 Å². The molecule has 0 aliphatic heterocycles. The predicted octanol–water partition coefficient (Wildman–Crippen LogP) is 3.44. The van der Waals surface area contributed by atoms with Crippen molar-refractivity contribution in [1.29, 1.82) is 0 Å². The molecule has 3 rings (SSSR count). The highest BCUT2D eigenvalue weighted by atomic mass is 32.2. The van der Waals surface area contributed by atoms with Gasteiger partial charge in [0.1, 0.15) is 5.82 Å². The summed E-state index contributed by atoms with van der Waals surface area (Å²) in [5, 5.41) is 11.3. The highest BCUT2D eigenvalue weighted by Gasteiger charge is 2.19. The van der Waals surface area contributed by atoms with Crippen LogP contribution in [0.3, 0.4) is 0 Å². The minimum atomic E-state index is -0.424. The van der Waals surface area contributed by atoms with E-state index in [1.54, 1.807) is 38.4 Å². The number of nitrogens with one attached hydrogen (secondary N) is 1. The lowest BCUT2D eigenvalue weighted by atomic mass is 10.2. The summed E-state index contributed by atoms with van der Waals surface area (Å²) in [6, 6.07) is 8.32. The third kappa shape index (κ3) is 3.91. The molecule has 0 saturated carbocycles. The van der Waals surface area contributed by atoms with Crippen LogP contribution in [-0.4, -0.2) is 30.9 Å². The Labute approximate surface area is 154 Å². The van der Waals surface area contributed by atoms with Crippen LogP contribution in [0.25, 0.3) is 11.4 Å². The first-order valence-corrected chi connectivity index (χ1v) is 8.87. The fourth-order valence-electron chi connectivity index (χ4n) is 2.30. The minimum absolute atomic E-state index is 0.230. The maximum Gasteiger partial charge on any atom is 0.237 e. The van der Waals surface area contributed by atoms with E-state index in [4.69, 9.17) is 0 Å². The summed E-state index contributed by atoms with van der Waals surface area (Å²) in [5.41, 5.74) is 1.86. The topological polar surface area (TPSA) is 72.7 Å². The molecule has 0 saturated heterocycles. The van der Waals surface area contributed by atoms with E-state index in [0.717, 1.165) is 5.56 Å². The Bertz CT molecular complexity index is 929. The second-order valence-corrected chi connectivity index (χ2v) is 7.12. The molecular weight excluding hydrogens is 353 g/mol. The Kier molecular flexibility index (Phi) is 5.32. The summed E-state index contributed by atoms with van der Waals surface area (Å²) in [4.78, 5) is 16.4. The average Bonchev–Trinajstić information content (AvgIpc) is 2.99. The Morgan fingerprint density at radius 1 is 1.23 bits per heavy atom. The lowest BCUT2D eigenvalue weighted by molar-refractivity contribution is -0.115. The van der Waals surface area contributed by atoms with E-state index in [0.29, 0.717) is 22.2 Å². The van der Waals surface area contributed by atoms with Crippen molar-refractivity contribution in [2.45, 2.75) is 24.3 Å². The molecule has 0 aliphatic carbocycles. The molecule has 3 aromatic rings. The molecule has 6 nitrogen and oxygen atoms in total. The van der Waals surface area contributed by atoms with Crippen LogP contribution in [0.1, 0.15) is 12.5 Å². The molecule has 0 unspecified atom stereocenters. The predicted molar refractivity (Wildman–Crippen MR) is 99.3 cm³/mol. The van der Waals surface area contributed by atoms with Crippen molar-refractivity contribution in [1.82, 2.24) is 19.7 Å². The van der Waals surface area contributed by atoms with Gasteiger partial charge in [0.25, 0.3) is 0 Å². The molecule has 8 heteroatoms. The number of amides is 1. The molecule has 2 heterocycles. The van der Waals surface area contributed by atoms with Crippen LogP contribution in [0.15, 0.2) is 47.9 Å². The number of nitrogens with zero attached hydrogens (tertiary/aromatic N) is 4. The summed E-state index contributed by atoms with van der Waals surface area (Å²) >= 11 is 1.29. The van der Waals surface area contributed by atoms with Gasteiger partial charge in [0.05, 0.1) is 5.25 Å². The zero-order chi connectivity index (χ0) is 18.7. The van der Waals surface area contributed by atoms with Gasteiger partial charge in [-0.25, -0.2) is 4.39 Å². The van der Waals surface area contributed by atoms with Gasteiger partial charge in [-0.2, -0.15) is 0 Å². The number of aryl methyl sites for hydroxylation is 1. The zero-order valence-corrected chi connectivity index (χ0v) is 15.4. The molecule has 2 aromatic heterocycles. The number of benzene rings is 1. The Morgan fingerprint density at radius 2 is 1.96 bits per heavy atom. The molecule has 1 amide bonds. The lowest BCUT2D eigenvalue weighted by Gasteiger charge is -2.12. The first kappa shape index (κ1) is 18.1. The van der Waals surface area contributed by atoms with Gasteiger partial charge >= 0.3 is 0 Å². The number of aromatic nitrogens is 4. The van der Waals surface area contributed by atoms with Gasteiger partial charge in [0.15, 0.2) is 11.0 Å². The Balaban J connectivity index is 1.69. The number of rotatable bonds is 5. The number of hydrogen-bond acceptors (Lipinski definition) is 5. The second-order valence-electron chi connectivity index (χ2n) is 5.81. The highest BCUT2D eigenvalue weighted by molar-refractivity contribution is 8.00. The molecule has 1 N–H and O–H groups in total. The van der Waals surface area contributed by atoms with Crippen LogP contribution in [0, 0.1) is 12.7 Å². The molecule has 0 aliphatic rings. The number of pyridine rings is 1. The Hall–Kier alpha value is -2.74. The average molecular weight is 371 g/mol. The maximum atomic E-state index is 13.6. The van der Waals surface area contributed by atoms with Crippen LogP contribution in [0.2, 0.25) is 0 Å². The van der Waals surface area contributed by atoms with Crippen LogP contribution in [-0.2, 0) is 11.8 Å². The van der Waals surface area contributed by atoms with Crippen molar-refractivity contribution in [3.63, 3.8) is 0 Å². The first-order valence-electron chi connectivity index (χ1n) is 7.99. The smallest absolute Gasteiger partial charge is 0.237 e. The molecule has 0 radical (unpaired) electrons. The van der Waals surface area contributed by atoms with Gasteiger partial charge < -0.3 is 9.88 Å². The van der Waals surface area contributed by atoms with E-state index in [1.807, 2.05) is 23.7 Å². The largest absolute Gasteiger partial charge is 0.325 e. The molecule has 0 fully saturated rings. The standard InChI is InChI=1S/C18H18FN5OS/c1-11-4-5-14(10-15(11)19)21-17(25)12(2)26-18-23-22-16(24(18)3)13-6-8-20-9-7-13/h4-10,12H,1-3H3,(H,21,25)/t12-/m0/s1. The van der Waals surface area contributed by atoms with E-state index in [-0.39, 0.29) is 11.7 Å². The number of anilines is 1.